The molecule has 1 aromatic rings. The van der Waals surface area contributed by atoms with Crippen LogP contribution in [0.2, 0.25) is 0 Å². The summed E-state index contributed by atoms with van der Waals surface area (Å²) >= 11 is 0. The van der Waals surface area contributed by atoms with Crippen molar-refractivity contribution in [1.29, 1.82) is 0 Å². The number of unbranched alkanes of at least 4 members (excludes halogenated alkanes) is 1. The molecule has 1 aromatic carbocycles. The third-order valence-corrected chi connectivity index (χ3v) is 3.55. The van der Waals surface area contributed by atoms with Crippen LogP contribution in [0.3, 0.4) is 0 Å². The van der Waals surface area contributed by atoms with Crippen LogP contribution in [0.1, 0.15) is 50.7 Å². The van der Waals surface area contributed by atoms with Crippen molar-refractivity contribution >= 4 is 0 Å². The van der Waals surface area contributed by atoms with Crippen LogP contribution >= 0.6 is 0 Å². The van der Waals surface area contributed by atoms with Crippen LogP contribution in [0.5, 0.6) is 0 Å². The zero-order valence-corrected chi connectivity index (χ0v) is 13.1. The molecule has 0 aromatic heterocycles. The lowest BCUT2D eigenvalue weighted by molar-refractivity contribution is 0.0818. The van der Waals surface area contributed by atoms with E-state index in [1.54, 1.807) is 6.07 Å². The fourth-order valence-corrected chi connectivity index (χ4v) is 2.17. The number of nitrogens with two attached hydrogens (primary N) is 1. The molecule has 0 fully saturated rings. The van der Waals surface area contributed by atoms with Gasteiger partial charge in [0.2, 0.25) is 0 Å². The van der Waals surface area contributed by atoms with Crippen molar-refractivity contribution in [3.05, 3.63) is 35.1 Å². The monoisotopic (exact) mass is 291 g/mol. The van der Waals surface area contributed by atoms with Gasteiger partial charge in [-0.1, -0.05) is 51.0 Å². The van der Waals surface area contributed by atoms with Crippen molar-refractivity contribution in [2.45, 2.75) is 46.1 Å². The summed E-state index contributed by atoms with van der Waals surface area (Å²) in [5.74, 6) is 5.99. The molecule has 0 aliphatic carbocycles. The van der Waals surface area contributed by atoms with E-state index in [9.17, 15) is 4.39 Å². The number of benzene rings is 1. The predicted octanol–water partition coefficient (Wildman–Crippen LogP) is 3.87. The van der Waals surface area contributed by atoms with E-state index >= 15 is 0 Å². The maximum Gasteiger partial charge on any atom is 0.124 e. The van der Waals surface area contributed by atoms with E-state index in [1.165, 1.54) is 31.4 Å². The summed E-state index contributed by atoms with van der Waals surface area (Å²) in [6, 6.07) is 4.62. The minimum absolute atomic E-state index is 0.270. The minimum atomic E-state index is -0.283. The fourth-order valence-electron chi connectivity index (χ4n) is 2.17. The highest BCUT2D eigenvalue weighted by Gasteiger charge is 2.07. The summed E-state index contributed by atoms with van der Waals surface area (Å²) in [5.41, 5.74) is 6.96. The van der Waals surface area contributed by atoms with Gasteiger partial charge in [0, 0.05) is 12.2 Å². The van der Waals surface area contributed by atoms with Crippen LogP contribution in [0, 0.1) is 23.6 Å². The Hall–Kier alpha value is -1.37. The SMILES string of the molecule is CCCCC(CC)COCc1ccc(F)cc1C#CCN. The van der Waals surface area contributed by atoms with E-state index in [0.717, 1.165) is 18.6 Å². The minimum Gasteiger partial charge on any atom is -0.376 e. The van der Waals surface area contributed by atoms with Gasteiger partial charge in [0.25, 0.3) is 0 Å². The number of hydrogen-bond donors (Lipinski definition) is 1. The molecule has 0 saturated heterocycles. The molecular formula is C18H26FNO. The molecular weight excluding hydrogens is 265 g/mol. The van der Waals surface area contributed by atoms with Gasteiger partial charge in [0.05, 0.1) is 13.2 Å². The molecule has 0 amide bonds. The maximum absolute atomic E-state index is 13.3. The van der Waals surface area contributed by atoms with E-state index in [1.807, 2.05) is 0 Å². The van der Waals surface area contributed by atoms with Crippen molar-refractivity contribution < 1.29 is 9.13 Å². The first-order valence-corrected chi connectivity index (χ1v) is 7.76. The third-order valence-electron chi connectivity index (χ3n) is 3.55. The average Bonchev–Trinajstić information content (AvgIpc) is 2.50. The Kier molecular flexibility index (Phi) is 8.73. The molecule has 0 aliphatic heterocycles. The molecule has 0 bridgehead atoms. The summed E-state index contributed by atoms with van der Waals surface area (Å²) in [5, 5.41) is 0. The van der Waals surface area contributed by atoms with Gasteiger partial charge in [-0.2, -0.15) is 0 Å². The topological polar surface area (TPSA) is 35.2 Å². The largest absolute Gasteiger partial charge is 0.376 e. The van der Waals surface area contributed by atoms with Gasteiger partial charge in [-0.3, -0.25) is 0 Å². The maximum atomic E-state index is 13.3. The molecule has 0 spiro atoms. The van der Waals surface area contributed by atoms with Gasteiger partial charge in [0.1, 0.15) is 5.82 Å². The summed E-state index contributed by atoms with van der Waals surface area (Å²) in [4.78, 5) is 0. The van der Waals surface area contributed by atoms with E-state index in [2.05, 4.69) is 25.7 Å². The lowest BCUT2D eigenvalue weighted by Crippen LogP contribution is -2.09. The smallest absolute Gasteiger partial charge is 0.124 e. The van der Waals surface area contributed by atoms with Gasteiger partial charge in [-0.15, -0.1) is 0 Å². The van der Waals surface area contributed by atoms with Gasteiger partial charge < -0.3 is 10.5 Å². The Morgan fingerprint density at radius 1 is 1.33 bits per heavy atom. The molecule has 3 heteroatoms. The lowest BCUT2D eigenvalue weighted by atomic mass is 10.0. The Morgan fingerprint density at radius 2 is 2.14 bits per heavy atom. The molecule has 2 nitrogen and oxygen atoms in total. The van der Waals surface area contributed by atoms with Crippen LogP contribution in [-0.4, -0.2) is 13.2 Å². The van der Waals surface area contributed by atoms with Crippen LogP contribution in [-0.2, 0) is 11.3 Å². The summed E-state index contributed by atoms with van der Waals surface area (Å²) in [7, 11) is 0. The van der Waals surface area contributed by atoms with Crippen molar-refractivity contribution in [1.82, 2.24) is 0 Å². The Morgan fingerprint density at radius 3 is 2.81 bits per heavy atom. The first-order chi connectivity index (χ1) is 10.2. The molecule has 1 unspecified atom stereocenters. The summed E-state index contributed by atoms with van der Waals surface area (Å²) in [6.45, 7) is 5.88. The number of ether oxygens (including phenoxy) is 1. The number of rotatable bonds is 8. The van der Waals surface area contributed by atoms with Crippen LogP contribution in [0.4, 0.5) is 4.39 Å². The van der Waals surface area contributed by atoms with Crippen molar-refractivity contribution in [3.63, 3.8) is 0 Å². The Labute approximate surface area is 127 Å². The fraction of sp³-hybridized carbons (Fsp3) is 0.556. The molecule has 1 atom stereocenters. The lowest BCUT2D eigenvalue weighted by Gasteiger charge is -2.15. The zero-order valence-electron chi connectivity index (χ0n) is 13.1. The predicted molar refractivity (Wildman–Crippen MR) is 85.3 cm³/mol. The molecule has 0 saturated carbocycles. The van der Waals surface area contributed by atoms with Crippen LogP contribution < -0.4 is 5.73 Å². The summed E-state index contributed by atoms with van der Waals surface area (Å²) < 4.78 is 19.1. The molecule has 21 heavy (non-hydrogen) atoms. The average molecular weight is 291 g/mol. The van der Waals surface area contributed by atoms with Crippen LogP contribution in [0.25, 0.3) is 0 Å². The first-order valence-electron chi connectivity index (χ1n) is 7.76. The molecule has 0 radical (unpaired) electrons. The molecule has 0 heterocycles. The normalized spacial score (nSPS) is 11.8. The van der Waals surface area contributed by atoms with E-state index in [0.29, 0.717) is 18.1 Å². The zero-order chi connectivity index (χ0) is 15.5. The van der Waals surface area contributed by atoms with Crippen molar-refractivity contribution in [2.24, 2.45) is 11.7 Å². The van der Waals surface area contributed by atoms with Gasteiger partial charge in [0.15, 0.2) is 0 Å². The number of hydrogen-bond acceptors (Lipinski definition) is 2. The van der Waals surface area contributed by atoms with Crippen molar-refractivity contribution in [3.8, 4) is 11.8 Å². The molecule has 0 aliphatic rings. The highest BCUT2D eigenvalue weighted by atomic mass is 19.1. The molecule has 2 N–H and O–H groups in total. The Bertz CT molecular complexity index is 476. The van der Waals surface area contributed by atoms with Gasteiger partial charge >= 0.3 is 0 Å². The summed E-state index contributed by atoms with van der Waals surface area (Å²) in [6.07, 6.45) is 4.79. The highest BCUT2D eigenvalue weighted by Crippen LogP contribution is 2.16. The van der Waals surface area contributed by atoms with E-state index in [-0.39, 0.29) is 12.4 Å². The Balaban J connectivity index is 2.58. The van der Waals surface area contributed by atoms with Gasteiger partial charge in [-0.25, -0.2) is 4.39 Å². The third kappa shape index (κ3) is 6.75. The van der Waals surface area contributed by atoms with Crippen LogP contribution in [0.15, 0.2) is 18.2 Å². The first kappa shape index (κ1) is 17.7. The van der Waals surface area contributed by atoms with E-state index in [4.69, 9.17) is 10.5 Å². The second-order valence-corrected chi connectivity index (χ2v) is 5.24. The number of halogens is 1. The van der Waals surface area contributed by atoms with Crippen molar-refractivity contribution in [2.75, 3.05) is 13.2 Å². The second kappa shape index (κ2) is 10.4. The second-order valence-electron chi connectivity index (χ2n) is 5.24. The standard InChI is InChI=1S/C18H26FNO/c1-3-5-7-15(4-2)13-21-14-17-9-10-18(19)12-16(17)8-6-11-20/h9-10,12,15H,3-5,7,11,13-14,20H2,1-2H3. The van der Waals surface area contributed by atoms with Gasteiger partial charge in [-0.05, 0) is 30.0 Å². The highest BCUT2D eigenvalue weighted by molar-refractivity contribution is 5.41. The quantitative estimate of drug-likeness (QED) is 0.738. The van der Waals surface area contributed by atoms with E-state index < -0.39 is 0 Å². The molecule has 116 valence electrons. The molecule has 1 rings (SSSR count).